The van der Waals surface area contributed by atoms with Crippen molar-refractivity contribution in [3.63, 3.8) is 0 Å². The van der Waals surface area contributed by atoms with Crippen LogP contribution in [-0.4, -0.2) is 23.1 Å². The summed E-state index contributed by atoms with van der Waals surface area (Å²) in [6, 6.07) is 16.3. The van der Waals surface area contributed by atoms with E-state index in [1.807, 2.05) is 24.3 Å². The first-order valence-corrected chi connectivity index (χ1v) is 8.83. The fourth-order valence-corrected chi connectivity index (χ4v) is 3.61. The first-order chi connectivity index (χ1) is 12.7. The van der Waals surface area contributed by atoms with Crippen LogP contribution in [0.2, 0.25) is 5.02 Å². The summed E-state index contributed by atoms with van der Waals surface area (Å²) in [5.74, 6) is 2.23. The van der Waals surface area contributed by atoms with Crippen LogP contribution in [0.3, 0.4) is 0 Å². The maximum absolute atomic E-state index is 6.20. The molecule has 0 bridgehead atoms. The highest BCUT2D eigenvalue weighted by Crippen LogP contribution is 2.37. The van der Waals surface area contributed by atoms with E-state index in [9.17, 15) is 0 Å². The van der Waals surface area contributed by atoms with Crippen LogP contribution in [0.5, 0.6) is 5.75 Å². The second-order valence-electron chi connectivity index (χ2n) is 6.29. The van der Waals surface area contributed by atoms with Crippen LogP contribution in [0.15, 0.2) is 54.9 Å². The smallest absolute Gasteiger partial charge is 0.138 e. The summed E-state index contributed by atoms with van der Waals surface area (Å²) in [7, 11) is 1.60. The molecular weight excluding hydrogens is 348 g/mol. The lowest BCUT2D eigenvalue weighted by Gasteiger charge is -2.24. The predicted octanol–water partition coefficient (Wildman–Crippen LogP) is 4.96. The van der Waals surface area contributed by atoms with Crippen LogP contribution in [0.25, 0.3) is 0 Å². The van der Waals surface area contributed by atoms with E-state index in [1.165, 1.54) is 11.3 Å². The lowest BCUT2D eigenvalue weighted by Crippen LogP contribution is -2.24. The zero-order chi connectivity index (χ0) is 18.1. The number of aromatic nitrogens is 2. The molecule has 1 atom stereocenters. The molecule has 26 heavy (non-hydrogen) atoms. The van der Waals surface area contributed by atoms with Gasteiger partial charge in [0, 0.05) is 23.5 Å². The molecule has 1 aliphatic rings. The summed E-state index contributed by atoms with van der Waals surface area (Å²) >= 11 is 6.20. The Labute approximate surface area is 157 Å². The SMILES string of the molecule is COc1ccc(Nc2cc(N3c4ccccc4CC3C)ncn2)cc1Cl. The number of nitrogens with zero attached hydrogens (tertiary/aromatic N) is 3. The Morgan fingerprint density at radius 1 is 1.15 bits per heavy atom. The number of ether oxygens (including phenoxy) is 1. The van der Waals surface area contributed by atoms with Crippen molar-refractivity contribution in [3.05, 3.63) is 65.4 Å². The number of nitrogens with one attached hydrogen (secondary N) is 1. The van der Waals surface area contributed by atoms with Crippen molar-refractivity contribution in [1.82, 2.24) is 9.97 Å². The van der Waals surface area contributed by atoms with Crippen LogP contribution in [0.4, 0.5) is 23.0 Å². The number of para-hydroxylation sites is 1. The van der Waals surface area contributed by atoms with E-state index in [4.69, 9.17) is 16.3 Å². The molecule has 0 amide bonds. The topological polar surface area (TPSA) is 50.3 Å². The van der Waals surface area contributed by atoms with Crippen LogP contribution in [0.1, 0.15) is 12.5 Å². The van der Waals surface area contributed by atoms with Gasteiger partial charge in [0.25, 0.3) is 0 Å². The second kappa shape index (κ2) is 6.84. The highest BCUT2D eigenvalue weighted by molar-refractivity contribution is 6.32. The molecule has 1 unspecified atom stereocenters. The van der Waals surface area contributed by atoms with E-state index in [-0.39, 0.29) is 0 Å². The third kappa shape index (κ3) is 3.06. The molecule has 4 rings (SSSR count). The average molecular weight is 367 g/mol. The van der Waals surface area contributed by atoms with Crippen molar-refractivity contribution in [3.8, 4) is 5.75 Å². The largest absolute Gasteiger partial charge is 0.495 e. The summed E-state index contributed by atoms with van der Waals surface area (Å²) in [5, 5.41) is 3.83. The summed E-state index contributed by atoms with van der Waals surface area (Å²) in [4.78, 5) is 11.1. The normalized spacial score (nSPS) is 15.7. The molecule has 0 radical (unpaired) electrons. The predicted molar refractivity (Wildman–Crippen MR) is 105 cm³/mol. The second-order valence-corrected chi connectivity index (χ2v) is 6.69. The van der Waals surface area contributed by atoms with Gasteiger partial charge in [-0.05, 0) is 43.2 Å². The Hall–Kier alpha value is -2.79. The Bertz CT molecular complexity index is 947. The highest BCUT2D eigenvalue weighted by atomic mass is 35.5. The highest BCUT2D eigenvalue weighted by Gasteiger charge is 2.27. The van der Waals surface area contributed by atoms with Crippen LogP contribution in [0, 0.1) is 0 Å². The van der Waals surface area contributed by atoms with Gasteiger partial charge in [-0.2, -0.15) is 0 Å². The Kier molecular flexibility index (Phi) is 4.39. The van der Waals surface area contributed by atoms with Crippen molar-refractivity contribution in [2.45, 2.75) is 19.4 Å². The van der Waals surface area contributed by atoms with Crippen LogP contribution < -0.4 is 15.0 Å². The molecule has 0 fully saturated rings. The zero-order valence-corrected chi connectivity index (χ0v) is 15.4. The molecule has 0 spiro atoms. The number of hydrogen-bond donors (Lipinski definition) is 1. The van der Waals surface area contributed by atoms with Crippen molar-refractivity contribution < 1.29 is 4.74 Å². The molecule has 0 saturated heterocycles. The zero-order valence-electron chi connectivity index (χ0n) is 14.6. The van der Waals surface area contributed by atoms with Gasteiger partial charge in [0.15, 0.2) is 0 Å². The third-order valence-electron chi connectivity index (χ3n) is 4.53. The summed E-state index contributed by atoms with van der Waals surface area (Å²) in [5.41, 5.74) is 3.39. The van der Waals surface area contributed by atoms with Gasteiger partial charge >= 0.3 is 0 Å². The van der Waals surface area contributed by atoms with E-state index in [0.29, 0.717) is 22.6 Å². The molecule has 5 nitrogen and oxygen atoms in total. The molecule has 0 aliphatic carbocycles. The molecule has 2 heterocycles. The number of rotatable bonds is 4. The van der Waals surface area contributed by atoms with E-state index < -0.39 is 0 Å². The van der Waals surface area contributed by atoms with Gasteiger partial charge in [0.05, 0.1) is 12.1 Å². The molecule has 0 saturated carbocycles. The van der Waals surface area contributed by atoms with Crippen molar-refractivity contribution in [1.29, 1.82) is 0 Å². The standard InChI is InChI=1S/C20H19ClN4O/c1-13-9-14-5-3-4-6-17(14)25(13)20-11-19(22-12-23-20)24-15-7-8-18(26-2)16(21)10-15/h3-8,10-13H,9H2,1-2H3,(H,22,23,24). The van der Waals surface area contributed by atoms with E-state index >= 15 is 0 Å². The van der Waals surface area contributed by atoms with Gasteiger partial charge in [0.2, 0.25) is 0 Å². The summed E-state index contributed by atoms with van der Waals surface area (Å²) < 4.78 is 5.19. The summed E-state index contributed by atoms with van der Waals surface area (Å²) in [6.07, 6.45) is 2.59. The third-order valence-corrected chi connectivity index (χ3v) is 4.83. The van der Waals surface area contributed by atoms with E-state index in [0.717, 1.165) is 17.9 Å². The molecular formula is C20H19ClN4O. The van der Waals surface area contributed by atoms with Gasteiger partial charge in [0.1, 0.15) is 23.7 Å². The Morgan fingerprint density at radius 2 is 2.00 bits per heavy atom. The molecule has 2 aromatic carbocycles. The number of fused-ring (bicyclic) bond motifs is 1. The minimum atomic E-state index is 0.352. The first-order valence-electron chi connectivity index (χ1n) is 8.45. The van der Waals surface area contributed by atoms with Gasteiger partial charge in [-0.3, -0.25) is 0 Å². The number of halogens is 1. The van der Waals surface area contributed by atoms with Gasteiger partial charge in [-0.25, -0.2) is 9.97 Å². The van der Waals surface area contributed by atoms with Gasteiger partial charge in [-0.15, -0.1) is 0 Å². The number of benzene rings is 2. The number of anilines is 4. The maximum atomic E-state index is 6.20. The molecule has 132 valence electrons. The van der Waals surface area contributed by atoms with E-state index in [2.05, 4.69) is 51.4 Å². The van der Waals surface area contributed by atoms with Crippen molar-refractivity contribution in [2.24, 2.45) is 0 Å². The minimum absolute atomic E-state index is 0.352. The molecule has 3 aromatic rings. The quantitative estimate of drug-likeness (QED) is 0.706. The van der Waals surface area contributed by atoms with Crippen LogP contribution in [-0.2, 0) is 6.42 Å². The maximum Gasteiger partial charge on any atom is 0.138 e. The molecule has 1 N–H and O–H groups in total. The van der Waals surface area contributed by atoms with Gasteiger partial charge < -0.3 is 15.0 Å². The minimum Gasteiger partial charge on any atom is -0.495 e. The molecule has 1 aliphatic heterocycles. The molecule has 6 heteroatoms. The Morgan fingerprint density at radius 3 is 2.81 bits per heavy atom. The first kappa shape index (κ1) is 16.7. The van der Waals surface area contributed by atoms with Gasteiger partial charge in [-0.1, -0.05) is 29.8 Å². The fourth-order valence-electron chi connectivity index (χ4n) is 3.35. The Balaban J connectivity index is 1.62. The summed E-state index contributed by atoms with van der Waals surface area (Å²) in [6.45, 7) is 2.21. The number of hydrogen-bond acceptors (Lipinski definition) is 5. The van der Waals surface area contributed by atoms with Crippen LogP contribution >= 0.6 is 11.6 Å². The lowest BCUT2D eigenvalue weighted by molar-refractivity contribution is 0.415. The monoisotopic (exact) mass is 366 g/mol. The van der Waals surface area contributed by atoms with Crippen molar-refractivity contribution in [2.75, 3.05) is 17.3 Å². The average Bonchev–Trinajstić information content (AvgIpc) is 2.98. The number of methoxy groups -OCH3 is 1. The molecule has 1 aromatic heterocycles. The van der Waals surface area contributed by atoms with E-state index in [1.54, 1.807) is 13.4 Å². The lowest BCUT2D eigenvalue weighted by atomic mass is 10.1. The van der Waals surface area contributed by atoms with Crippen molar-refractivity contribution >= 4 is 34.6 Å². The fraction of sp³-hybridized carbons (Fsp3) is 0.200.